The van der Waals surface area contributed by atoms with Crippen LogP contribution in [0.5, 0.6) is 0 Å². The maximum absolute atomic E-state index is 2.44. The molecule has 0 aliphatic heterocycles. The van der Waals surface area contributed by atoms with E-state index >= 15 is 0 Å². The van der Waals surface area contributed by atoms with Crippen molar-refractivity contribution in [3.8, 4) is 33.6 Å². The zero-order chi connectivity index (χ0) is 32.3. The average Bonchev–Trinajstić information content (AvgIpc) is 3.54. The van der Waals surface area contributed by atoms with Crippen LogP contribution in [0.4, 0.5) is 0 Å². The molecule has 0 amide bonds. The van der Waals surface area contributed by atoms with Gasteiger partial charge in [0.1, 0.15) is 0 Å². The molecular formula is C47H32N2. The summed E-state index contributed by atoms with van der Waals surface area (Å²) in [4.78, 5) is 0. The largest absolute Gasteiger partial charge is 0.310 e. The molecule has 10 rings (SSSR count). The minimum atomic E-state index is 0.908. The Morgan fingerprint density at radius 3 is 1.88 bits per heavy atom. The monoisotopic (exact) mass is 624 g/mol. The molecule has 2 heterocycles. The summed E-state index contributed by atoms with van der Waals surface area (Å²) >= 11 is 0. The van der Waals surface area contributed by atoms with Crippen LogP contribution < -0.4 is 0 Å². The molecule has 0 bridgehead atoms. The van der Waals surface area contributed by atoms with E-state index in [0.29, 0.717) is 0 Å². The van der Waals surface area contributed by atoms with Crippen LogP contribution >= 0.6 is 0 Å². The number of benzene rings is 7. The Labute approximate surface area is 285 Å². The Morgan fingerprint density at radius 1 is 0.408 bits per heavy atom. The fourth-order valence-corrected chi connectivity index (χ4v) is 7.92. The minimum Gasteiger partial charge on any atom is -0.310 e. The van der Waals surface area contributed by atoms with Gasteiger partial charge < -0.3 is 9.13 Å². The first-order chi connectivity index (χ1) is 24.3. The van der Waals surface area contributed by atoms with E-state index in [0.717, 1.165) is 6.42 Å². The second kappa shape index (κ2) is 11.1. The van der Waals surface area contributed by atoms with Crippen molar-refractivity contribution >= 4 is 49.6 Å². The van der Waals surface area contributed by atoms with Crippen molar-refractivity contribution in [3.63, 3.8) is 0 Å². The van der Waals surface area contributed by atoms with Gasteiger partial charge in [-0.2, -0.15) is 0 Å². The minimum absolute atomic E-state index is 0.908. The van der Waals surface area contributed by atoms with Gasteiger partial charge in [0, 0.05) is 27.5 Å². The van der Waals surface area contributed by atoms with Crippen molar-refractivity contribution in [2.24, 2.45) is 0 Å². The zero-order valence-electron chi connectivity index (χ0n) is 26.9. The van der Waals surface area contributed by atoms with Crippen molar-refractivity contribution in [1.29, 1.82) is 0 Å². The normalized spacial score (nSPS) is 12.7. The van der Waals surface area contributed by atoms with Crippen LogP contribution in [0.3, 0.4) is 0 Å². The summed E-state index contributed by atoms with van der Waals surface area (Å²) in [6.07, 6.45) is 9.74. The van der Waals surface area contributed by atoms with Crippen molar-refractivity contribution in [2.45, 2.75) is 6.42 Å². The molecule has 2 aromatic heterocycles. The molecule has 0 spiro atoms. The standard InChI is InChI=1S/C47H32N2/c1-4-14-32(15-5-1)41-31-37(28-35-16-10-11-19-38(35)41)49-45-23-13-12-21-40(45)43-30-34(25-27-47(43)49)33-24-26-46-42(29-33)39-20-8-3-9-22-44(39)48(46)36-17-6-2-7-18-36/h1-19,21-31H,20H2. The second-order valence-corrected chi connectivity index (χ2v) is 12.9. The van der Waals surface area contributed by atoms with Crippen molar-refractivity contribution in [2.75, 3.05) is 0 Å². The van der Waals surface area contributed by atoms with Gasteiger partial charge in [-0.05, 0) is 106 Å². The van der Waals surface area contributed by atoms with E-state index in [4.69, 9.17) is 0 Å². The molecule has 0 unspecified atom stereocenters. The number of nitrogens with zero attached hydrogens (tertiary/aromatic N) is 2. The first-order valence-electron chi connectivity index (χ1n) is 17.0. The van der Waals surface area contributed by atoms with Gasteiger partial charge in [0.25, 0.3) is 0 Å². The maximum atomic E-state index is 2.44. The molecule has 0 N–H and O–H groups in total. The van der Waals surface area contributed by atoms with Crippen molar-refractivity contribution in [1.82, 2.24) is 9.13 Å². The van der Waals surface area contributed by atoms with Gasteiger partial charge in [-0.15, -0.1) is 0 Å². The third-order valence-electron chi connectivity index (χ3n) is 10.1. The van der Waals surface area contributed by atoms with Crippen LogP contribution in [-0.4, -0.2) is 9.13 Å². The van der Waals surface area contributed by atoms with E-state index < -0.39 is 0 Å². The van der Waals surface area contributed by atoms with Gasteiger partial charge in [-0.3, -0.25) is 0 Å². The van der Waals surface area contributed by atoms with E-state index in [-0.39, 0.29) is 0 Å². The predicted molar refractivity (Wildman–Crippen MR) is 208 cm³/mol. The third kappa shape index (κ3) is 4.42. The van der Waals surface area contributed by atoms with E-state index in [1.165, 1.54) is 88.4 Å². The summed E-state index contributed by atoms with van der Waals surface area (Å²) in [5.74, 6) is 0. The van der Waals surface area contributed by atoms with Gasteiger partial charge in [0.05, 0.1) is 22.2 Å². The Bertz CT molecular complexity index is 2770. The molecule has 230 valence electrons. The number of aromatic nitrogens is 2. The lowest BCUT2D eigenvalue weighted by Gasteiger charge is -2.14. The Hall–Kier alpha value is -6.38. The van der Waals surface area contributed by atoms with Crippen LogP contribution in [-0.2, 0) is 6.42 Å². The number of fused-ring (bicyclic) bond motifs is 7. The highest BCUT2D eigenvalue weighted by Gasteiger charge is 2.19. The number of para-hydroxylation sites is 2. The summed E-state index contributed by atoms with van der Waals surface area (Å²) in [6, 6.07) is 57.7. The SMILES string of the molecule is C1=CCc2c(n(-c3ccccc3)c3ccc(-c4ccc5c(c4)c4ccccc4n5-c4cc(-c5ccccc5)c5ccccc5c4)cc23)C=C1. The number of rotatable bonds is 4. The molecule has 2 nitrogen and oxygen atoms in total. The predicted octanol–water partition coefficient (Wildman–Crippen LogP) is 12.3. The Balaban J connectivity index is 1.17. The van der Waals surface area contributed by atoms with E-state index in [2.05, 4.69) is 191 Å². The topological polar surface area (TPSA) is 9.86 Å². The summed E-state index contributed by atoms with van der Waals surface area (Å²) < 4.78 is 4.84. The van der Waals surface area contributed by atoms with Crippen LogP contribution in [0.25, 0.3) is 83.2 Å². The second-order valence-electron chi connectivity index (χ2n) is 12.9. The Kier molecular flexibility index (Phi) is 6.28. The molecule has 2 heteroatoms. The maximum Gasteiger partial charge on any atom is 0.0541 e. The molecule has 0 fully saturated rings. The number of hydrogen-bond acceptors (Lipinski definition) is 0. The van der Waals surface area contributed by atoms with Gasteiger partial charge >= 0.3 is 0 Å². The molecule has 7 aromatic carbocycles. The van der Waals surface area contributed by atoms with Crippen LogP contribution in [0.15, 0.2) is 176 Å². The van der Waals surface area contributed by atoms with Gasteiger partial charge in [0.2, 0.25) is 0 Å². The first-order valence-corrected chi connectivity index (χ1v) is 17.0. The number of allylic oxidation sites excluding steroid dienone is 3. The van der Waals surface area contributed by atoms with Crippen molar-refractivity contribution in [3.05, 3.63) is 187 Å². The summed E-state index contributed by atoms with van der Waals surface area (Å²) in [5.41, 5.74) is 13.6. The van der Waals surface area contributed by atoms with Crippen molar-refractivity contribution < 1.29 is 0 Å². The zero-order valence-corrected chi connectivity index (χ0v) is 26.9. The molecule has 1 aliphatic rings. The molecule has 0 saturated carbocycles. The highest BCUT2D eigenvalue weighted by Crippen LogP contribution is 2.40. The quantitative estimate of drug-likeness (QED) is 0.184. The summed E-state index contributed by atoms with van der Waals surface area (Å²) in [7, 11) is 0. The van der Waals surface area contributed by atoms with Crippen LogP contribution in [0.1, 0.15) is 11.3 Å². The third-order valence-corrected chi connectivity index (χ3v) is 10.1. The highest BCUT2D eigenvalue weighted by molar-refractivity contribution is 6.11. The first kappa shape index (κ1) is 27.7. The lowest BCUT2D eigenvalue weighted by atomic mass is 9.97. The van der Waals surface area contributed by atoms with Crippen LogP contribution in [0.2, 0.25) is 0 Å². The molecule has 49 heavy (non-hydrogen) atoms. The Morgan fingerprint density at radius 2 is 1.06 bits per heavy atom. The molecule has 1 aliphatic carbocycles. The summed E-state index contributed by atoms with van der Waals surface area (Å²) in [5, 5.41) is 6.32. The van der Waals surface area contributed by atoms with E-state index in [9.17, 15) is 0 Å². The highest BCUT2D eigenvalue weighted by atomic mass is 15.0. The fraction of sp³-hybridized carbons (Fsp3) is 0.0213. The molecular weight excluding hydrogens is 593 g/mol. The molecule has 0 atom stereocenters. The van der Waals surface area contributed by atoms with Gasteiger partial charge in [0.15, 0.2) is 0 Å². The average molecular weight is 625 g/mol. The fourth-order valence-electron chi connectivity index (χ4n) is 7.92. The van der Waals surface area contributed by atoms with E-state index in [1.807, 2.05) is 0 Å². The summed E-state index contributed by atoms with van der Waals surface area (Å²) in [6.45, 7) is 0. The molecule has 9 aromatic rings. The van der Waals surface area contributed by atoms with Gasteiger partial charge in [-0.1, -0.05) is 121 Å². The van der Waals surface area contributed by atoms with E-state index in [1.54, 1.807) is 0 Å². The van der Waals surface area contributed by atoms with Crippen LogP contribution in [0, 0.1) is 0 Å². The number of hydrogen-bond donors (Lipinski definition) is 0. The molecule has 0 saturated heterocycles. The smallest absolute Gasteiger partial charge is 0.0541 e. The molecule has 0 radical (unpaired) electrons. The lowest BCUT2D eigenvalue weighted by Crippen LogP contribution is -1.97. The van der Waals surface area contributed by atoms with Gasteiger partial charge in [-0.25, -0.2) is 0 Å². The lowest BCUT2D eigenvalue weighted by molar-refractivity contribution is 1.09.